The maximum atomic E-state index is 11.6. The number of benzene rings is 1. The van der Waals surface area contributed by atoms with Crippen LogP contribution in [0.3, 0.4) is 0 Å². The smallest absolute Gasteiger partial charge is 0.177 e. The summed E-state index contributed by atoms with van der Waals surface area (Å²) in [6, 6.07) is 3.53. The summed E-state index contributed by atoms with van der Waals surface area (Å²) >= 11 is 9.04. The number of alkyl halides is 1. The van der Waals surface area contributed by atoms with E-state index in [0.29, 0.717) is 16.3 Å². The first-order valence-corrected chi connectivity index (χ1v) is 5.54. The van der Waals surface area contributed by atoms with Gasteiger partial charge in [0.15, 0.2) is 5.78 Å². The average molecular weight is 278 g/mol. The van der Waals surface area contributed by atoms with Crippen molar-refractivity contribution >= 4 is 33.3 Å². The molecule has 1 aromatic carbocycles. The van der Waals surface area contributed by atoms with E-state index in [1.165, 1.54) is 7.11 Å². The van der Waals surface area contributed by atoms with Crippen molar-refractivity contribution in [3.63, 3.8) is 0 Å². The van der Waals surface area contributed by atoms with E-state index in [-0.39, 0.29) is 11.1 Å². The van der Waals surface area contributed by atoms with E-state index in [2.05, 4.69) is 15.9 Å². The molecule has 2 nitrogen and oxygen atoms in total. The van der Waals surface area contributed by atoms with Crippen molar-refractivity contribution in [2.45, 2.75) is 6.92 Å². The molecular formula is C10H10BrClO2. The molecule has 0 bridgehead atoms. The van der Waals surface area contributed by atoms with Crippen molar-refractivity contribution in [2.24, 2.45) is 0 Å². The van der Waals surface area contributed by atoms with Crippen LogP contribution in [-0.4, -0.2) is 18.2 Å². The van der Waals surface area contributed by atoms with E-state index >= 15 is 0 Å². The van der Waals surface area contributed by atoms with Gasteiger partial charge in [-0.3, -0.25) is 4.79 Å². The van der Waals surface area contributed by atoms with E-state index in [4.69, 9.17) is 16.3 Å². The van der Waals surface area contributed by atoms with Crippen molar-refractivity contribution < 1.29 is 9.53 Å². The highest BCUT2D eigenvalue weighted by Gasteiger charge is 2.16. The number of rotatable bonds is 3. The number of Topliss-reactive ketones (excluding diaryl/α,β-unsaturated/α-hetero) is 1. The molecule has 14 heavy (non-hydrogen) atoms. The predicted molar refractivity (Wildman–Crippen MR) is 60.9 cm³/mol. The number of aryl methyl sites for hydroxylation is 1. The van der Waals surface area contributed by atoms with Gasteiger partial charge in [-0.2, -0.15) is 0 Å². The van der Waals surface area contributed by atoms with E-state index < -0.39 is 0 Å². The SMILES string of the molecule is COc1c(Cl)ccc(C)c1C(=O)CBr. The Morgan fingerprint density at radius 3 is 2.71 bits per heavy atom. The van der Waals surface area contributed by atoms with Crippen LogP contribution in [0, 0.1) is 6.92 Å². The largest absolute Gasteiger partial charge is 0.494 e. The van der Waals surface area contributed by atoms with Crippen LogP contribution in [0.5, 0.6) is 5.75 Å². The summed E-state index contributed by atoms with van der Waals surface area (Å²) < 4.78 is 5.11. The number of halogens is 2. The fourth-order valence-corrected chi connectivity index (χ4v) is 1.78. The lowest BCUT2D eigenvalue weighted by Crippen LogP contribution is -2.06. The van der Waals surface area contributed by atoms with E-state index in [9.17, 15) is 4.79 Å². The van der Waals surface area contributed by atoms with Crippen LogP contribution in [-0.2, 0) is 0 Å². The second-order valence-electron chi connectivity index (χ2n) is 2.83. The third-order valence-corrected chi connectivity index (χ3v) is 2.73. The summed E-state index contributed by atoms with van der Waals surface area (Å²) in [4.78, 5) is 11.6. The molecule has 0 atom stereocenters. The summed E-state index contributed by atoms with van der Waals surface area (Å²) in [6.07, 6.45) is 0. The van der Waals surface area contributed by atoms with Crippen LogP contribution in [0.1, 0.15) is 15.9 Å². The lowest BCUT2D eigenvalue weighted by atomic mass is 10.0. The number of ether oxygens (including phenoxy) is 1. The zero-order valence-electron chi connectivity index (χ0n) is 7.93. The number of carbonyl (C=O) groups is 1. The van der Waals surface area contributed by atoms with Gasteiger partial charge in [-0.15, -0.1) is 0 Å². The average Bonchev–Trinajstić information content (AvgIpc) is 2.19. The third-order valence-electron chi connectivity index (χ3n) is 1.92. The first-order valence-electron chi connectivity index (χ1n) is 4.04. The van der Waals surface area contributed by atoms with Crippen LogP contribution < -0.4 is 4.74 Å². The minimum atomic E-state index is -0.0261. The molecule has 0 aliphatic carbocycles. The van der Waals surface area contributed by atoms with Crippen LogP contribution in [0.15, 0.2) is 12.1 Å². The maximum absolute atomic E-state index is 11.6. The number of hydrogen-bond acceptors (Lipinski definition) is 2. The van der Waals surface area contributed by atoms with Gasteiger partial charge in [0.25, 0.3) is 0 Å². The molecule has 1 aromatic rings. The van der Waals surface area contributed by atoms with Gasteiger partial charge in [0.1, 0.15) is 5.75 Å². The van der Waals surface area contributed by atoms with Crippen molar-refractivity contribution in [2.75, 3.05) is 12.4 Å². The fraction of sp³-hybridized carbons (Fsp3) is 0.300. The van der Waals surface area contributed by atoms with Gasteiger partial charge in [-0.05, 0) is 18.6 Å². The maximum Gasteiger partial charge on any atom is 0.177 e. The normalized spacial score (nSPS) is 10.0. The zero-order chi connectivity index (χ0) is 10.7. The molecule has 0 unspecified atom stereocenters. The monoisotopic (exact) mass is 276 g/mol. The first-order chi connectivity index (χ1) is 6.61. The van der Waals surface area contributed by atoms with E-state index in [1.54, 1.807) is 12.1 Å². The molecule has 0 fully saturated rings. The third kappa shape index (κ3) is 2.10. The molecular weight excluding hydrogens is 267 g/mol. The molecule has 1 rings (SSSR count). The summed E-state index contributed by atoms with van der Waals surface area (Å²) in [7, 11) is 1.51. The molecule has 0 spiro atoms. The van der Waals surface area contributed by atoms with Gasteiger partial charge in [-0.25, -0.2) is 0 Å². The Labute approximate surface area is 96.3 Å². The highest BCUT2D eigenvalue weighted by atomic mass is 79.9. The molecule has 0 heterocycles. The van der Waals surface area contributed by atoms with Crippen LogP contribution in [0.4, 0.5) is 0 Å². The summed E-state index contributed by atoms with van der Waals surface area (Å²) in [5.41, 5.74) is 1.42. The molecule has 0 saturated carbocycles. The van der Waals surface area contributed by atoms with Crippen molar-refractivity contribution in [3.05, 3.63) is 28.3 Å². The van der Waals surface area contributed by atoms with Crippen molar-refractivity contribution in [3.8, 4) is 5.75 Å². The fourth-order valence-electron chi connectivity index (χ4n) is 1.27. The van der Waals surface area contributed by atoms with Crippen molar-refractivity contribution in [1.29, 1.82) is 0 Å². The van der Waals surface area contributed by atoms with Gasteiger partial charge in [0.05, 0.1) is 23.0 Å². The van der Waals surface area contributed by atoms with Gasteiger partial charge in [0, 0.05) is 0 Å². The highest BCUT2D eigenvalue weighted by Crippen LogP contribution is 2.31. The Balaban J connectivity index is 3.37. The summed E-state index contributed by atoms with van der Waals surface area (Å²) in [6.45, 7) is 1.86. The minimum Gasteiger partial charge on any atom is -0.494 e. The van der Waals surface area contributed by atoms with Gasteiger partial charge < -0.3 is 4.74 Å². The molecule has 0 saturated heterocycles. The van der Waals surface area contributed by atoms with Gasteiger partial charge >= 0.3 is 0 Å². The summed E-state index contributed by atoms with van der Waals surface area (Å²) in [5, 5.41) is 0.729. The first kappa shape index (κ1) is 11.5. The predicted octanol–water partition coefficient (Wildman–Crippen LogP) is 3.23. The Bertz CT molecular complexity index is 363. The van der Waals surface area contributed by atoms with Gasteiger partial charge in [0.2, 0.25) is 0 Å². The molecule has 0 N–H and O–H groups in total. The van der Waals surface area contributed by atoms with Crippen LogP contribution in [0.25, 0.3) is 0 Å². The van der Waals surface area contributed by atoms with Crippen LogP contribution in [0.2, 0.25) is 5.02 Å². The second-order valence-corrected chi connectivity index (χ2v) is 3.80. The zero-order valence-corrected chi connectivity index (χ0v) is 10.3. The van der Waals surface area contributed by atoms with Crippen LogP contribution >= 0.6 is 27.5 Å². The Hall–Kier alpha value is -0.540. The Kier molecular flexibility index (Phi) is 3.96. The number of methoxy groups -OCH3 is 1. The van der Waals surface area contributed by atoms with Crippen molar-refractivity contribution in [1.82, 2.24) is 0 Å². The quantitative estimate of drug-likeness (QED) is 0.626. The number of carbonyl (C=O) groups excluding carboxylic acids is 1. The summed E-state index contributed by atoms with van der Waals surface area (Å²) in [5.74, 6) is 0.429. The highest BCUT2D eigenvalue weighted by molar-refractivity contribution is 9.09. The molecule has 0 aliphatic rings. The lowest BCUT2D eigenvalue weighted by Gasteiger charge is -2.10. The standard InChI is InChI=1S/C10H10BrClO2/c1-6-3-4-7(12)10(14-2)9(6)8(13)5-11/h3-4H,5H2,1-2H3. The van der Waals surface area contributed by atoms with Gasteiger partial charge in [-0.1, -0.05) is 33.6 Å². The molecule has 76 valence electrons. The molecule has 0 radical (unpaired) electrons. The molecule has 0 aromatic heterocycles. The second kappa shape index (κ2) is 4.80. The molecule has 0 amide bonds. The van der Waals surface area contributed by atoms with E-state index in [1.807, 2.05) is 6.92 Å². The lowest BCUT2D eigenvalue weighted by molar-refractivity contribution is 0.102. The Morgan fingerprint density at radius 1 is 1.57 bits per heavy atom. The molecule has 4 heteroatoms. The van der Waals surface area contributed by atoms with E-state index in [0.717, 1.165) is 5.56 Å². The molecule has 0 aliphatic heterocycles. The minimum absolute atomic E-state index is 0.0261. The number of ketones is 1. The number of hydrogen-bond donors (Lipinski definition) is 0. The Morgan fingerprint density at radius 2 is 2.21 bits per heavy atom. The topological polar surface area (TPSA) is 26.3 Å².